The summed E-state index contributed by atoms with van der Waals surface area (Å²) in [6.07, 6.45) is -0.0829. The van der Waals surface area contributed by atoms with Crippen molar-refractivity contribution in [1.82, 2.24) is 20.4 Å². The lowest BCUT2D eigenvalue weighted by Crippen LogP contribution is -2.44. The molecule has 0 radical (unpaired) electrons. The van der Waals surface area contributed by atoms with Crippen LogP contribution in [-0.2, 0) is 19.1 Å². The second-order valence-electron chi connectivity index (χ2n) is 8.93. The highest BCUT2D eigenvalue weighted by molar-refractivity contribution is 5.81. The van der Waals surface area contributed by atoms with E-state index in [1.165, 1.54) is 0 Å². The zero-order valence-electron chi connectivity index (χ0n) is 19.9. The number of carboxylic acids is 1. The number of nitrogens with one attached hydrogen (secondary N) is 2. The maximum Gasteiger partial charge on any atom is 0.490 e. The van der Waals surface area contributed by atoms with Gasteiger partial charge in [-0.1, -0.05) is 0 Å². The fourth-order valence-electron chi connectivity index (χ4n) is 4.50. The fraction of sp³-hybridized carbons (Fsp3) is 0.818. The third kappa shape index (κ3) is 9.19. The first kappa shape index (κ1) is 28.7. The van der Waals surface area contributed by atoms with Crippen molar-refractivity contribution in [1.29, 1.82) is 0 Å². The number of rotatable bonds is 7. The van der Waals surface area contributed by atoms with Gasteiger partial charge in [0, 0.05) is 32.6 Å². The number of piperidine rings is 2. The first-order valence-electron chi connectivity index (χ1n) is 12.0. The molecule has 0 saturated carbocycles. The molecule has 0 aromatic heterocycles. The van der Waals surface area contributed by atoms with Gasteiger partial charge in [-0.05, 0) is 58.0 Å². The topological polar surface area (TPSA) is 128 Å². The van der Waals surface area contributed by atoms with Gasteiger partial charge in [-0.25, -0.2) is 9.59 Å². The quantitative estimate of drug-likeness (QED) is 0.446. The SMILES string of the molecule is CCOC(=O)C1CCN(C(=O)CC2CNC(=O)N2CCC2CCNCC2)CC1.O=C(O)C(F)(F)F. The second kappa shape index (κ2) is 13.5. The maximum atomic E-state index is 12.8. The van der Waals surface area contributed by atoms with Gasteiger partial charge in [0.25, 0.3) is 0 Å². The molecule has 3 aliphatic rings. The number of urea groups is 1. The number of ether oxygens (including phenoxy) is 1. The van der Waals surface area contributed by atoms with Crippen molar-refractivity contribution in [3.05, 3.63) is 0 Å². The number of esters is 1. The number of likely N-dealkylation sites (tertiary alicyclic amines) is 1. The molecule has 200 valence electrons. The molecule has 13 heteroatoms. The van der Waals surface area contributed by atoms with E-state index in [1.807, 2.05) is 16.7 Å². The van der Waals surface area contributed by atoms with Crippen molar-refractivity contribution in [2.24, 2.45) is 11.8 Å². The van der Waals surface area contributed by atoms with Crippen LogP contribution < -0.4 is 10.6 Å². The van der Waals surface area contributed by atoms with Gasteiger partial charge in [-0.15, -0.1) is 0 Å². The van der Waals surface area contributed by atoms with Gasteiger partial charge in [0.05, 0.1) is 18.6 Å². The Kier molecular flexibility index (Phi) is 11.1. The molecule has 3 N–H and O–H groups in total. The lowest BCUT2D eigenvalue weighted by molar-refractivity contribution is -0.192. The standard InChI is InChI=1S/C20H34N4O4.C2HF3O2/c1-2-28-19(26)16-6-10-23(11-7-16)18(25)13-17-14-22-20(27)24(17)12-5-15-3-8-21-9-4-15;3-2(4,5)1(6)7/h15-17,21H,2-14H2,1H3,(H,22,27);(H,6,7). The molecule has 3 saturated heterocycles. The van der Waals surface area contributed by atoms with Crippen LogP contribution >= 0.6 is 0 Å². The molecular weight excluding hydrogens is 473 g/mol. The van der Waals surface area contributed by atoms with E-state index in [0.29, 0.717) is 51.4 Å². The smallest absolute Gasteiger partial charge is 0.475 e. The van der Waals surface area contributed by atoms with Crippen molar-refractivity contribution >= 4 is 23.9 Å². The van der Waals surface area contributed by atoms with Crippen molar-refractivity contribution in [3.8, 4) is 0 Å². The molecule has 3 heterocycles. The first-order chi connectivity index (χ1) is 16.5. The highest BCUT2D eigenvalue weighted by Crippen LogP contribution is 2.22. The maximum absolute atomic E-state index is 12.8. The van der Waals surface area contributed by atoms with Crippen molar-refractivity contribution < 1.29 is 42.2 Å². The Morgan fingerprint density at radius 1 is 1.11 bits per heavy atom. The van der Waals surface area contributed by atoms with E-state index in [4.69, 9.17) is 14.6 Å². The summed E-state index contributed by atoms with van der Waals surface area (Å²) in [6.45, 7) is 6.76. The molecule has 3 fully saturated rings. The zero-order chi connectivity index (χ0) is 26.0. The Labute approximate surface area is 202 Å². The van der Waals surface area contributed by atoms with Gasteiger partial charge in [0.15, 0.2) is 0 Å². The van der Waals surface area contributed by atoms with Crippen molar-refractivity contribution in [2.45, 2.75) is 57.7 Å². The summed E-state index contributed by atoms with van der Waals surface area (Å²) < 4.78 is 36.8. The number of hydrogen-bond acceptors (Lipinski definition) is 6. The zero-order valence-corrected chi connectivity index (χ0v) is 19.9. The Morgan fingerprint density at radius 3 is 2.26 bits per heavy atom. The van der Waals surface area contributed by atoms with Crippen molar-refractivity contribution in [2.75, 3.05) is 45.9 Å². The third-order valence-electron chi connectivity index (χ3n) is 6.55. The van der Waals surface area contributed by atoms with Crippen LogP contribution in [0.3, 0.4) is 0 Å². The summed E-state index contributed by atoms with van der Waals surface area (Å²) in [5.74, 6) is -2.26. The number of halogens is 3. The average Bonchev–Trinajstić information content (AvgIpc) is 3.17. The monoisotopic (exact) mass is 508 g/mol. The molecule has 0 bridgehead atoms. The van der Waals surface area contributed by atoms with E-state index in [1.54, 1.807) is 0 Å². The van der Waals surface area contributed by atoms with Crippen LogP contribution in [0.2, 0.25) is 0 Å². The number of amides is 3. The molecule has 0 aliphatic carbocycles. The summed E-state index contributed by atoms with van der Waals surface area (Å²) in [6, 6.07) is -0.114. The molecular formula is C22H35F3N4O6. The van der Waals surface area contributed by atoms with E-state index >= 15 is 0 Å². The minimum Gasteiger partial charge on any atom is -0.475 e. The average molecular weight is 509 g/mol. The van der Waals surface area contributed by atoms with Gasteiger partial charge in [-0.2, -0.15) is 13.2 Å². The van der Waals surface area contributed by atoms with E-state index in [-0.39, 0.29) is 29.9 Å². The van der Waals surface area contributed by atoms with E-state index in [9.17, 15) is 27.6 Å². The van der Waals surface area contributed by atoms with Crippen LogP contribution in [0.25, 0.3) is 0 Å². The lowest BCUT2D eigenvalue weighted by Gasteiger charge is -2.33. The lowest BCUT2D eigenvalue weighted by atomic mass is 9.94. The van der Waals surface area contributed by atoms with Crippen LogP contribution in [0.15, 0.2) is 0 Å². The summed E-state index contributed by atoms with van der Waals surface area (Å²) in [4.78, 5) is 49.4. The summed E-state index contributed by atoms with van der Waals surface area (Å²) in [5, 5.41) is 13.4. The Bertz CT molecular complexity index is 737. The van der Waals surface area contributed by atoms with Crippen molar-refractivity contribution in [3.63, 3.8) is 0 Å². The molecule has 1 atom stereocenters. The number of hydrogen-bond donors (Lipinski definition) is 3. The fourth-order valence-corrected chi connectivity index (χ4v) is 4.50. The van der Waals surface area contributed by atoms with Crippen LogP contribution in [0.1, 0.15) is 45.4 Å². The largest absolute Gasteiger partial charge is 0.490 e. The molecule has 3 amide bonds. The van der Waals surface area contributed by atoms with Crippen LogP contribution in [-0.4, -0.2) is 96.9 Å². The molecule has 10 nitrogen and oxygen atoms in total. The molecule has 0 aromatic rings. The number of nitrogens with zero attached hydrogens (tertiary/aromatic N) is 2. The highest BCUT2D eigenvalue weighted by atomic mass is 19.4. The number of alkyl halides is 3. The second-order valence-corrected chi connectivity index (χ2v) is 8.93. The van der Waals surface area contributed by atoms with Crippen LogP contribution in [0.5, 0.6) is 0 Å². The molecule has 3 aliphatic heterocycles. The number of carbonyl (C=O) groups excluding carboxylic acids is 3. The minimum absolute atomic E-state index is 0.0484. The van der Waals surface area contributed by atoms with E-state index < -0.39 is 12.1 Å². The molecule has 0 aromatic carbocycles. The number of aliphatic carboxylic acids is 1. The van der Waals surface area contributed by atoms with Crippen LogP contribution in [0, 0.1) is 11.8 Å². The summed E-state index contributed by atoms with van der Waals surface area (Å²) in [5.41, 5.74) is 0. The predicted molar refractivity (Wildman–Crippen MR) is 118 cm³/mol. The summed E-state index contributed by atoms with van der Waals surface area (Å²) in [7, 11) is 0. The van der Waals surface area contributed by atoms with Crippen LogP contribution in [0.4, 0.5) is 18.0 Å². The Hall–Kier alpha value is -2.57. The van der Waals surface area contributed by atoms with Gasteiger partial charge >= 0.3 is 24.1 Å². The normalized spacial score (nSPS) is 21.7. The minimum atomic E-state index is -5.08. The first-order valence-corrected chi connectivity index (χ1v) is 12.0. The Balaban J connectivity index is 0.000000540. The molecule has 35 heavy (non-hydrogen) atoms. The number of carboxylic acid groups (broad SMARTS) is 1. The third-order valence-corrected chi connectivity index (χ3v) is 6.55. The summed E-state index contributed by atoms with van der Waals surface area (Å²) >= 11 is 0. The van der Waals surface area contributed by atoms with Gasteiger partial charge in [0.1, 0.15) is 0 Å². The van der Waals surface area contributed by atoms with E-state index in [2.05, 4.69) is 10.6 Å². The number of carbonyl (C=O) groups is 4. The highest BCUT2D eigenvalue weighted by Gasteiger charge is 2.38. The molecule has 3 rings (SSSR count). The van der Waals surface area contributed by atoms with Gasteiger partial charge in [-0.3, -0.25) is 9.59 Å². The molecule has 1 unspecified atom stereocenters. The predicted octanol–water partition coefficient (Wildman–Crippen LogP) is 1.60. The van der Waals surface area contributed by atoms with E-state index in [0.717, 1.165) is 38.9 Å². The Morgan fingerprint density at radius 2 is 1.71 bits per heavy atom. The van der Waals surface area contributed by atoms with Gasteiger partial charge in [0.2, 0.25) is 5.91 Å². The van der Waals surface area contributed by atoms with Gasteiger partial charge < -0.3 is 30.3 Å². The molecule has 0 spiro atoms.